The Morgan fingerprint density at radius 1 is 1.75 bits per heavy atom. The topological polar surface area (TPSA) is 27.1 Å². The van der Waals surface area contributed by atoms with Gasteiger partial charge in [-0.2, -0.15) is 5.10 Å². The van der Waals surface area contributed by atoms with E-state index in [2.05, 4.69) is 16.9 Å². The zero-order valence-electron chi connectivity index (χ0n) is 6.97. The highest BCUT2D eigenvalue weighted by molar-refractivity contribution is 6.31. The van der Waals surface area contributed by atoms with Crippen LogP contribution >= 0.6 is 11.6 Å². The molecule has 0 spiro atoms. The molecule has 1 aromatic heterocycles. The van der Waals surface area contributed by atoms with E-state index in [1.807, 2.05) is 0 Å². The first-order chi connectivity index (χ1) is 5.75. The van der Waals surface area contributed by atoms with Gasteiger partial charge in [-0.15, -0.1) is 5.92 Å². The Morgan fingerprint density at radius 3 is 3.00 bits per heavy atom. The number of rotatable bonds is 2. The summed E-state index contributed by atoms with van der Waals surface area (Å²) < 4.78 is 6.81. The van der Waals surface area contributed by atoms with Gasteiger partial charge in [0, 0.05) is 7.05 Å². The second-order valence-corrected chi connectivity index (χ2v) is 2.54. The summed E-state index contributed by atoms with van der Waals surface area (Å²) in [6.07, 6.45) is 1.54. The van der Waals surface area contributed by atoms with Crippen LogP contribution in [-0.2, 0) is 7.05 Å². The summed E-state index contributed by atoms with van der Waals surface area (Å²) in [7, 11) is 1.76. The van der Waals surface area contributed by atoms with Crippen LogP contribution in [0.3, 0.4) is 0 Å². The maximum atomic E-state index is 5.77. The van der Waals surface area contributed by atoms with Crippen molar-refractivity contribution in [2.45, 2.75) is 6.92 Å². The van der Waals surface area contributed by atoms with Crippen LogP contribution < -0.4 is 4.74 Å². The largest absolute Gasteiger partial charge is 0.464 e. The predicted molar refractivity (Wildman–Crippen MR) is 47.2 cm³/mol. The number of aromatic nitrogens is 2. The molecule has 0 amide bonds. The van der Waals surface area contributed by atoms with Crippen molar-refractivity contribution >= 4 is 11.6 Å². The lowest BCUT2D eigenvalue weighted by atomic mass is 10.6. The lowest BCUT2D eigenvalue weighted by Crippen LogP contribution is -2.00. The van der Waals surface area contributed by atoms with E-state index in [-0.39, 0.29) is 0 Å². The van der Waals surface area contributed by atoms with E-state index in [0.717, 1.165) is 0 Å². The van der Waals surface area contributed by atoms with Gasteiger partial charge in [-0.25, -0.2) is 4.68 Å². The van der Waals surface area contributed by atoms with Gasteiger partial charge in [0.1, 0.15) is 5.02 Å². The summed E-state index contributed by atoms with van der Waals surface area (Å²) in [5, 5.41) is 4.42. The minimum absolute atomic E-state index is 0.343. The highest BCUT2D eigenvalue weighted by Gasteiger charge is 2.05. The van der Waals surface area contributed by atoms with Gasteiger partial charge in [0.2, 0.25) is 5.88 Å². The third-order valence-electron chi connectivity index (χ3n) is 1.30. The molecular formula is C8H9ClN2O. The molecule has 0 unspecified atom stereocenters. The van der Waals surface area contributed by atoms with Crippen LogP contribution in [0.5, 0.6) is 5.88 Å². The van der Waals surface area contributed by atoms with Gasteiger partial charge in [-0.05, 0) is 6.92 Å². The summed E-state index contributed by atoms with van der Waals surface area (Å²) in [4.78, 5) is 0. The first kappa shape index (κ1) is 8.95. The molecular weight excluding hydrogens is 176 g/mol. The summed E-state index contributed by atoms with van der Waals surface area (Å²) in [6, 6.07) is 0. The van der Waals surface area contributed by atoms with Crippen molar-refractivity contribution in [2.24, 2.45) is 7.05 Å². The minimum Gasteiger partial charge on any atom is -0.464 e. The maximum absolute atomic E-state index is 5.77. The minimum atomic E-state index is 0.343. The van der Waals surface area contributed by atoms with Crippen molar-refractivity contribution in [3.8, 4) is 17.7 Å². The molecule has 0 aliphatic carbocycles. The van der Waals surface area contributed by atoms with Gasteiger partial charge in [0.25, 0.3) is 0 Å². The number of halogens is 1. The van der Waals surface area contributed by atoms with Crippen LogP contribution in [0.4, 0.5) is 0 Å². The molecule has 0 N–H and O–H groups in total. The van der Waals surface area contributed by atoms with Crippen LogP contribution in [-0.4, -0.2) is 16.4 Å². The quantitative estimate of drug-likeness (QED) is 0.651. The fourth-order valence-electron chi connectivity index (χ4n) is 0.738. The molecule has 0 aromatic carbocycles. The second kappa shape index (κ2) is 4.03. The Balaban J connectivity index is 2.65. The lowest BCUT2D eigenvalue weighted by Gasteiger charge is -2.01. The first-order valence-corrected chi connectivity index (χ1v) is 3.83. The van der Waals surface area contributed by atoms with Gasteiger partial charge in [0.15, 0.2) is 6.61 Å². The zero-order valence-corrected chi connectivity index (χ0v) is 7.72. The Hall–Kier alpha value is -1.14. The SMILES string of the molecule is CC#CCOc1c(Cl)cnn1C. The van der Waals surface area contributed by atoms with Crippen LogP contribution in [0.15, 0.2) is 6.20 Å². The average molecular weight is 185 g/mol. The van der Waals surface area contributed by atoms with Crippen molar-refractivity contribution in [1.82, 2.24) is 9.78 Å². The van der Waals surface area contributed by atoms with Gasteiger partial charge in [-0.3, -0.25) is 0 Å². The van der Waals surface area contributed by atoms with Crippen LogP contribution in [0, 0.1) is 11.8 Å². The summed E-state index contributed by atoms with van der Waals surface area (Å²) >= 11 is 5.77. The highest BCUT2D eigenvalue weighted by Crippen LogP contribution is 2.21. The summed E-state index contributed by atoms with van der Waals surface area (Å²) in [5.74, 6) is 6.05. The third kappa shape index (κ3) is 1.93. The maximum Gasteiger partial charge on any atom is 0.231 e. The van der Waals surface area contributed by atoms with E-state index in [1.54, 1.807) is 18.7 Å². The van der Waals surface area contributed by atoms with E-state index in [0.29, 0.717) is 17.5 Å². The molecule has 0 aliphatic heterocycles. The smallest absolute Gasteiger partial charge is 0.231 e. The van der Waals surface area contributed by atoms with Gasteiger partial charge < -0.3 is 4.74 Å². The fraction of sp³-hybridized carbons (Fsp3) is 0.375. The molecule has 0 aliphatic rings. The second-order valence-electron chi connectivity index (χ2n) is 2.14. The van der Waals surface area contributed by atoms with Crippen molar-refractivity contribution in [2.75, 3.05) is 6.61 Å². The number of ether oxygens (including phenoxy) is 1. The van der Waals surface area contributed by atoms with Crippen LogP contribution in [0.1, 0.15) is 6.92 Å². The monoisotopic (exact) mass is 184 g/mol. The van der Waals surface area contributed by atoms with Crippen molar-refractivity contribution in [3.05, 3.63) is 11.2 Å². The molecule has 1 rings (SSSR count). The Labute approximate surface area is 76.3 Å². The number of aryl methyl sites for hydroxylation is 1. The third-order valence-corrected chi connectivity index (χ3v) is 1.56. The van der Waals surface area contributed by atoms with E-state index in [1.165, 1.54) is 6.20 Å². The molecule has 0 bridgehead atoms. The average Bonchev–Trinajstić information content (AvgIpc) is 2.35. The van der Waals surface area contributed by atoms with Gasteiger partial charge in [0.05, 0.1) is 6.20 Å². The molecule has 0 atom stereocenters. The molecule has 12 heavy (non-hydrogen) atoms. The van der Waals surface area contributed by atoms with Crippen molar-refractivity contribution in [1.29, 1.82) is 0 Å². The van der Waals surface area contributed by atoms with E-state index in [4.69, 9.17) is 16.3 Å². The number of hydrogen-bond donors (Lipinski definition) is 0. The molecule has 4 heteroatoms. The Kier molecular flexibility index (Phi) is 3.01. The molecule has 3 nitrogen and oxygen atoms in total. The molecule has 0 saturated carbocycles. The number of nitrogens with zero attached hydrogens (tertiary/aromatic N) is 2. The van der Waals surface area contributed by atoms with Crippen LogP contribution in [0.25, 0.3) is 0 Å². The zero-order chi connectivity index (χ0) is 8.97. The highest BCUT2D eigenvalue weighted by atomic mass is 35.5. The molecule has 64 valence electrons. The lowest BCUT2D eigenvalue weighted by molar-refractivity contribution is 0.335. The van der Waals surface area contributed by atoms with Crippen molar-refractivity contribution in [3.63, 3.8) is 0 Å². The van der Waals surface area contributed by atoms with Crippen LogP contribution in [0.2, 0.25) is 5.02 Å². The Bertz CT molecular complexity index is 302. The Morgan fingerprint density at radius 2 is 2.50 bits per heavy atom. The van der Waals surface area contributed by atoms with Gasteiger partial charge >= 0.3 is 0 Å². The van der Waals surface area contributed by atoms with E-state index >= 15 is 0 Å². The fourth-order valence-corrected chi connectivity index (χ4v) is 0.959. The number of hydrogen-bond acceptors (Lipinski definition) is 2. The normalized spacial score (nSPS) is 8.92. The van der Waals surface area contributed by atoms with Gasteiger partial charge in [-0.1, -0.05) is 17.5 Å². The molecule has 1 heterocycles. The molecule has 1 aromatic rings. The first-order valence-electron chi connectivity index (χ1n) is 3.45. The van der Waals surface area contributed by atoms with E-state index in [9.17, 15) is 0 Å². The van der Waals surface area contributed by atoms with Crippen molar-refractivity contribution < 1.29 is 4.74 Å². The predicted octanol–water partition coefficient (Wildman–Crippen LogP) is 1.48. The molecule has 0 fully saturated rings. The summed E-state index contributed by atoms with van der Waals surface area (Å²) in [6.45, 7) is 2.10. The van der Waals surface area contributed by atoms with E-state index < -0.39 is 0 Å². The molecule has 0 saturated heterocycles. The standard InChI is InChI=1S/C8H9ClN2O/c1-3-4-5-12-8-7(9)6-10-11(8)2/h6H,5H2,1-2H3. The molecule has 0 radical (unpaired) electrons. The summed E-state index contributed by atoms with van der Waals surface area (Å²) in [5.41, 5.74) is 0.